The van der Waals surface area contributed by atoms with Crippen molar-refractivity contribution in [1.29, 1.82) is 0 Å². The molecule has 3 rings (SSSR count). The van der Waals surface area contributed by atoms with E-state index in [1.165, 1.54) is 4.90 Å². The third kappa shape index (κ3) is 6.22. The van der Waals surface area contributed by atoms with Gasteiger partial charge in [0.25, 0.3) is 11.8 Å². The first-order chi connectivity index (χ1) is 16.5. The number of hydrogen-bond acceptors (Lipinski definition) is 4. The largest absolute Gasteiger partial charge is 0.463 e. The van der Waals surface area contributed by atoms with Crippen molar-refractivity contribution in [2.45, 2.75) is 29.8 Å². The Morgan fingerprint density at radius 3 is 2.33 bits per heavy atom. The maximum absolute atomic E-state index is 14.2. The lowest BCUT2D eigenvalue weighted by Gasteiger charge is -2.34. The van der Waals surface area contributed by atoms with Crippen molar-refractivity contribution in [3.63, 3.8) is 0 Å². The zero-order valence-electron chi connectivity index (χ0n) is 18.3. The van der Waals surface area contributed by atoms with Crippen LogP contribution in [0.15, 0.2) is 39.6 Å². The van der Waals surface area contributed by atoms with Crippen LogP contribution in [-0.4, -0.2) is 46.6 Å². The second kappa shape index (κ2) is 9.81. The Kier molecular flexibility index (Phi) is 7.51. The number of carbonyl (C=O) groups excluding carboxylic acids is 1. The molecule has 1 heterocycles. The lowest BCUT2D eigenvalue weighted by Crippen LogP contribution is -2.40. The van der Waals surface area contributed by atoms with Crippen LogP contribution in [0.25, 0.3) is 0 Å². The zero-order valence-corrected chi connectivity index (χ0v) is 19.9. The number of hydrogen-bond donors (Lipinski definition) is 2. The van der Waals surface area contributed by atoms with Crippen molar-refractivity contribution in [3.8, 4) is 0 Å². The Bertz CT molecular complexity index is 1330. The Hall–Kier alpha value is -3.00. The Morgan fingerprint density at radius 2 is 1.78 bits per heavy atom. The third-order valence-corrected chi connectivity index (χ3v) is 7.27. The summed E-state index contributed by atoms with van der Waals surface area (Å²) in [5.74, 6) is -5.09. The van der Waals surface area contributed by atoms with E-state index in [1.54, 1.807) is 0 Å². The summed E-state index contributed by atoms with van der Waals surface area (Å²) in [6.07, 6.45) is -7.12. The van der Waals surface area contributed by atoms with Crippen LogP contribution >= 0.6 is 11.6 Å². The number of anilines is 2. The van der Waals surface area contributed by atoms with E-state index in [0.29, 0.717) is 6.07 Å². The van der Waals surface area contributed by atoms with Gasteiger partial charge in [-0.1, -0.05) is 11.6 Å². The van der Waals surface area contributed by atoms with Crippen LogP contribution in [0, 0.1) is 5.82 Å². The van der Waals surface area contributed by atoms with Crippen LogP contribution in [0.3, 0.4) is 0 Å². The van der Waals surface area contributed by atoms with Gasteiger partial charge in [0.2, 0.25) is 0 Å². The van der Waals surface area contributed by atoms with Crippen LogP contribution < -0.4 is 10.2 Å². The summed E-state index contributed by atoms with van der Waals surface area (Å²) in [6.45, 7) is -0.664. The molecule has 7 nitrogen and oxygen atoms in total. The summed E-state index contributed by atoms with van der Waals surface area (Å²) in [6, 6.07) is 4.05. The van der Waals surface area contributed by atoms with Gasteiger partial charge in [-0.2, -0.15) is 13.2 Å². The number of amides is 2. The van der Waals surface area contributed by atoms with Gasteiger partial charge in [0.05, 0.1) is 36.5 Å². The molecule has 15 heteroatoms. The predicted octanol–water partition coefficient (Wildman–Crippen LogP) is 6.12. The Balaban J connectivity index is 2.04. The van der Waals surface area contributed by atoms with Gasteiger partial charge >= 0.3 is 12.3 Å². The molecule has 0 bridgehead atoms. The fraction of sp³-hybridized carbons (Fsp3) is 0.333. The van der Waals surface area contributed by atoms with Gasteiger partial charge in [0.1, 0.15) is 5.82 Å². The number of nitrogens with zero attached hydrogens (tertiary/aromatic N) is 2. The zero-order chi connectivity index (χ0) is 27.1. The highest BCUT2D eigenvalue weighted by atomic mass is 35.5. The highest BCUT2D eigenvalue weighted by molar-refractivity contribution is 7.93. The molecular formula is C21H18ClF6N3O4S. The molecule has 1 aliphatic rings. The van der Waals surface area contributed by atoms with Gasteiger partial charge in [-0.15, -0.1) is 4.36 Å². The van der Waals surface area contributed by atoms with Crippen LogP contribution in [0.2, 0.25) is 5.02 Å². The number of carbonyl (C=O) groups is 2. The smallest absolute Gasteiger partial charge is 0.439 e. The maximum atomic E-state index is 14.2. The lowest BCUT2D eigenvalue weighted by atomic mass is 10.0. The SMILES string of the molecule is CS(=O)(=NC(=O)O)c1cc(NC(=O)c2cc(Cl)c(C(F)(F)F)cc2N2CCC(F)(F)CC2)ccc1F. The summed E-state index contributed by atoms with van der Waals surface area (Å²) in [7, 11) is -3.75. The standard InChI is InChI=1S/C21H18ClF6N3O4S/c1-36(35,30-19(33)34)17-8-11(2-3-15(17)23)29-18(32)12-9-14(22)13(21(26,27)28)10-16(12)31-6-4-20(24,25)5-7-31/h2-3,8-10H,4-7H2,1H3,(H,29,32)(H,33,34). The highest BCUT2D eigenvalue weighted by Gasteiger charge is 2.38. The van der Waals surface area contributed by atoms with Crippen molar-refractivity contribution >= 4 is 44.7 Å². The first kappa shape index (κ1) is 27.6. The molecule has 36 heavy (non-hydrogen) atoms. The number of halogens is 7. The van der Waals surface area contributed by atoms with E-state index in [4.69, 9.17) is 16.7 Å². The molecule has 2 aromatic carbocycles. The number of alkyl halides is 5. The number of carboxylic acid groups (broad SMARTS) is 1. The summed E-state index contributed by atoms with van der Waals surface area (Å²) < 4.78 is 97.3. The second-order valence-corrected chi connectivity index (χ2v) is 10.6. The fourth-order valence-electron chi connectivity index (χ4n) is 3.57. The van der Waals surface area contributed by atoms with Crippen molar-refractivity contribution in [2.75, 3.05) is 29.6 Å². The van der Waals surface area contributed by atoms with E-state index in [9.17, 15) is 40.1 Å². The quantitative estimate of drug-likeness (QED) is 0.441. The minimum absolute atomic E-state index is 0.182. The third-order valence-electron chi connectivity index (χ3n) is 5.32. The van der Waals surface area contributed by atoms with E-state index in [-0.39, 0.29) is 30.0 Å². The average molecular weight is 558 g/mol. The van der Waals surface area contributed by atoms with Crippen molar-refractivity contribution in [3.05, 3.63) is 52.3 Å². The van der Waals surface area contributed by atoms with Gasteiger partial charge in [-0.25, -0.2) is 22.2 Å². The monoisotopic (exact) mass is 557 g/mol. The van der Waals surface area contributed by atoms with Crippen molar-refractivity contribution < 1.29 is 45.2 Å². The highest BCUT2D eigenvalue weighted by Crippen LogP contribution is 2.40. The van der Waals surface area contributed by atoms with Crippen LogP contribution in [0.5, 0.6) is 0 Å². The molecule has 0 aliphatic carbocycles. The molecule has 1 saturated heterocycles. The molecule has 2 aromatic rings. The van der Waals surface area contributed by atoms with Gasteiger partial charge in [-0.3, -0.25) is 4.79 Å². The first-order valence-corrected chi connectivity index (χ1v) is 12.4. The van der Waals surface area contributed by atoms with E-state index in [0.717, 1.165) is 30.5 Å². The predicted molar refractivity (Wildman–Crippen MR) is 120 cm³/mol. The van der Waals surface area contributed by atoms with Gasteiger partial charge in [0, 0.05) is 37.9 Å². The lowest BCUT2D eigenvalue weighted by molar-refractivity contribution is -0.137. The number of rotatable bonds is 4. The van der Waals surface area contributed by atoms with Crippen molar-refractivity contribution in [1.82, 2.24) is 0 Å². The molecule has 1 atom stereocenters. The van der Waals surface area contributed by atoms with E-state index >= 15 is 0 Å². The summed E-state index contributed by atoms with van der Waals surface area (Å²) >= 11 is 5.78. The molecule has 0 spiro atoms. The van der Waals surface area contributed by atoms with Gasteiger partial charge in [0.15, 0.2) is 0 Å². The van der Waals surface area contributed by atoms with E-state index < -0.39 is 68.0 Å². The molecule has 1 unspecified atom stereocenters. The minimum atomic E-state index is -4.89. The molecule has 0 aromatic heterocycles. The van der Waals surface area contributed by atoms with E-state index in [2.05, 4.69) is 9.68 Å². The van der Waals surface area contributed by atoms with Crippen LogP contribution in [0.1, 0.15) is 28.8 Å². The molecule has 0 radical (unpaired) electrons. The van der Waals surface area contributed by atoms with Crippen LogP contribution in [-0.2, 0) is 15.9 Å². The van der Waals surface area contributed by atoms with Crippen LogP contribution in [0.4, 0.5) is 42.5 Å². The summed E-state index contributed by atoms with van der Waals surface area (Å²) in [5.41, 5.74) is -2.12. The summed E-state index contributed by atoms with van der Waals surface area (Å²) in [4.78, 5) is 24.4. The maximum Gasteiger partial charge on any atom is 0.439 e. The average Bonchev–Trinajstić information content (AvgIpc) is 2.73. The molecule has 196 valence electrons. The molecular weight excluding hydrogens is 540 g/mol. The summed E-state index contributed by atoms with van der Waals surface area (Å²) in [5, 5.41) is 10.3. The van der Waals surface area contributed by atoms with E-state index in [1.807, 2.05) is 0 Å². The number of piperidine rings is 1. The first-order valence-electron chi connectivity index (χ1n) is 10.1. The number of benzene rings is 2. The molecule has 2 amide bonds. The number of nitrogens with one attached hydrogen (secondary N) is 1. The normalized spacial score (nSPS) is 17.3. The molecule has 0 saturated carbocycles. The molecule has 2 N–H and O–H groups in total. The van der Waals surface area contributed by atoms with Gasteiger partial charge in [-0.05, 0) is 30.3 Å². The fourth-order valence-corrected chi connectivity index (χ4v) is 5.01. The van der Waals surface area contributed by atoms with Crippen molar-refractivity contribution in [2.24, 2.45) is 4.36 Å². The Morgan fingerprint density at radius 1 is 1.17 bits per heavy atom. The Labute approximate surface area is 206 Å². The van der Waals surface area contributed by atoms with Gasteiger partial charge < -0.3 is 15.3 Å². The minimum Gasteiger partial charge on any atom is -0.463 e. The molecule has 1 fully saturated rings. The topological polar surface area (TPSA) is 99.1 Å². The second-order valence-electron chi connectivity index (χ2n) is 7.97. The molecule has 1 aliphatic heterocycles.